The second-order valence-corrected chi connectivity index (χ2v) is 7.31. The summed E-state index contributed by atoms with van der Waals surface area (Å²) in [5, 5.41) is 5.59. The summed E-state index contributed by atoms with van der Waals surface area (Å²) in [7, 11) is 0. The molecule has 0 saturated carbocycles. The van der Waals surface area contributed by atoms with E-state index < -0.39 is 11.7 Å². The quantitative estimate of drug-likeness (QED) is 0.725. The van der Waals surface area contributed by atoms with E-state index in [0.717, 1.165) is 25.7 Å². The van der Waals surface area contributed by atoms with Crippen LogP contribution in [-0.4, -0.2) is 49.4 Å². The van der Waals surface area contributed by atoms with Gasteiger partial charge in [0.2, 0.25) is 5.91 Å². The Morgan fingerprint density at radius 1 is 1.23 bits per heavy atom. The normalized spacial score (nSPS) is 16.1. The molecule has 7 heteroatoms. The average molecular weight is 384 g/mol. The molecule has 1 fully saturated rings. The Morgan fingerprint density at radius 2 is 1.96 bits per heavy atom. The van der Waals surface area contributed by atoms with Crippen LogP contribution in [0.3, 0.4) is 0 Å². The Balaban J connectivity index is 1.62. The van der Waals surface area contributed by atoms with Crippen LogP contribution in [0.2, 0.25) is 5.02 Å². The zero-order valence-electron chi connectivity index (χ0n) is 15.2. The van der Waals surface area contributed by atoms with E-state index in [0.29, 0.717) is 12.5 Å². The molecule has 2 N–H and O–H groups in total. The molecule has 5 nitrogen and oxygen atoms in total. The van der Waals surface area contributed by atoms with E-state index in [2.05, 4.69) is 22.5 Å². The third-order valence-corrected chi connectivity index (χ3v) is 4.79. The van der Waals surface area contributed by atoms with E-state index in [9.17, 15) is 14.0 Å². The number of nitrogens with one attached hydrogen (secondary N) is 2. The lowest BCUT2D eigenvalue weighted by Gasteiger charge is -2.29. The van der Waals surface area contributed by atoms with Crippen molar-refractivity contribution in [3.05, 3.63) is 34.6 Å². The van der Waals surface area contributed by atoms with Crippen LogP contribution in [0.25, 0.3) is 0 Å². The summed E-state index contributed by atoms with van der Waals surface area (Å²) in [5.74, 6) is -0.614. The van der Waals surface area contributed by atoms with Crippen molar-refractivity contribution in [2.24, 2.45) is 5.92 Å². The van der Waals surface area contributed by atoms with Crippen LogP contribution in [0.5, 0.6) is 0 Å². The van der Waals surface area contributed by atoms with Gasteiger partial charge < -0.3 is 15.5 Å². The van der Waals surface area contributed by atoms with E-state index in [1.54, 1.807) is 0 Å². The molecule has 2 rings (SSSR count). The number of amides is 2. The van der Waals surface area contributed by atoms with Crippen molar-refractivity contribution in [1.29, 1.82) is 0 Å². The number of halogens is 2. The first-order valence-electron chi connectivity index (χ1n) is 9.18. The molecule has 1 aliphatic rings. The minimum Gasteiger partial charge on any atom is -0.356 e. The largest absolute Gasteiger partial charge is 0.356 e. The molecule has 1 atom stereocenters. The number of carbonyl (C=O) groups excluding carboxylic acids is 2. The molecule has 1 saturated heterocycles. The third kappa shape index (κ3) is 6.92. The number of carbonyl (C=O) groups is 2. The molecule has 0 bridgehead atoms. The fourth-order valence-electron chi connectivity index (χ4n) is 3.08. The molecule has 0 aliphatic carbocycles. The van der Waals surface area contributed by atoms with Gasteiger partial charge in [-0.3, -0.25) is 9.59 Å². The summed E-state index contributed by atoms with van der Waals surface area (Å²) in [6.07, 6.45) is 4.03. The van der Waals surface area contributed by atoms with Gasteiger partial charge in [0.1, 0.15) is 5.82 Å². The minimum absolute atomic E-state index is 0.0542. The first-order valence-corrected chi connectivity index (χ1v) is 9.56. The van der Waals surface area contributed by atoms with Crippen molar-refractivity contribution in [2.75, 3.05) is 32.7 Å². The fourth-order valence-corrected chi connectivity index (χ4v) is 3.34. The highest BCUT2D eigenvalue weighted by molar-refractivity contribution is 6.33. The predicted octanol–water partition coefficient (Wildman–Crippen LogP) is 2.84. The van der Waals surface area contributed by atoms with Crippen molar-refractivity contribution in [1.82, 2.24) is 15.5 Å². The summed E-state index contributed by atoms with van der Waals surface area (Å²) in [6.45, 7) is 6.27. The van der Waals surface area contributed by atoms with Gasteiger partial charge in [-0.2, -0.15) is 0 Å². The summed E-state index contributed by atoms with van der Waals surface area (Å²) in [4.78, 5) is 26.4. The molecular formula is C19H27ClFN3O2. The second kappa shape index (κ2) is 10.5. The van der Waals surface area contributed by atoms with Gasteiger partial charge in [-0.15, -0.1) is 0 Å². The van der Waals surface area contributed by atoms with Gasteiger partial charge in [0.25, 0.3) is 5.91 Å². The van der Waals surface area contributed by atoms with Crippen LogP contribution >= 0.6 is 11.6 Å². The van der Waals surface area contributed by atoms with Crippen molar-refractivity contribution in [3.63, 3.8) is 0 Å². The van der Waals surface area contributed by atoms with Crippen molar-refractivity contribution >= 4 is 23.4 Å². The first-order chi connectivity index (χ1) is 12.5. The van der Waals surface area contributed by atoms with Gasteiger partial charge in [0.15, 0.2) is 0 Å². The van der Waals surface area contributed by atoms with Crippen molar-refractivity contribution < 1.29 is 14.0 Å². The molecule has 26 heavy (non-hydrogen) atoms. The fraction of sp³-hybridized carbons (Fsp3) is 0.579. The van der Waals surface area contributed by atoms with Crippen LogP contribution in [0.4, 0.5) is 4.39 Å². The zero-order valence-corrected chi connectivity index (χ0v) is 15.9. The Labute approximate surface area is 159 Å². The standard InChI is InChI=1S/C19H27ClFN3O2/c1-14(13-24-9-3-2-4-10-24)12-23-18(25)7-8-22-19(26)16-6-5-15(21)11-17(16)20/h5-6,11,14H,2-4,7-10,12-13H2,1H3,(H,22,26)(H,23,25). The lowest BCUT2D eigenvalue weighted by molar-refractivity contribution is -0.121. The van der Waals surface area contributed by atoms with Gasteiger partial charge in [0.05, 0.1) is 10.6 Å². The number of nitrogens with zero attached hydrogens (tertiary/aromatic N) is 1. The first kappa shape index (κ1) is 20.6. The summed E-state index contributed by atoms with van der Waals surface area (Å²) in [6, 6.07) is 3.60. The molecule has 1 aliphatic heterocycles. The van der Waals surface area contributed by atoms with Crippen molar-refractivity contribution in [3.8, 4) is 0 Å². The average Bonchev–Trinajstić information content (AvgIpc) is 2.60. The van der Waals surface area contributed by atoms with Crippen LogP contribution < -0.4 is 10.6 Å². The van der Waals surface area contributed by atoms with Crippen LogP contribution in [-0.2, 0) is 4.79 Å². The molecule has 1 aromatic carbocycles. The summed E-state index contributed by atoms with van der Waals surface area (Å²) < 4.78 is 13.0. The maximum atomic E-state index is 13.0. The van der Waals surface area contributed by atoms with Gasteiger partial charge in [0, 0.05) is 26.1 Å². The Kier molecular flexibility index (Phi) is 8.32. The number of rotatable bonds is 8. The minimum atomic E-state index is -0.496. The third-order valence-electron chi connectivity index (χ3n) is 4.48. The highest BCUT2D eigenvalue weighted by Crippen LogP contribution is 2.17. The number of likely N-dealkylation sites (tertiary alicyclic amines) is 1. The van der Waals surface area contributed by atoms with Gasteiger partial charge >= 0.3 is 0 Å². The van der Waals surface area contributed by atoms with Crippen LogP contribution in [0, 0.1) is 11.7 Å². The van der Waals surface area contributed by atoms with Gasteiger partial charge in [-0.05, 0) is 50.0 Å². The van der Waals surface area contributed by atoms with E-state index >= 15 is 0 Å². The number of hydrogen-bond acceptors (Lipinski definition) is 3. The molecule has 144 valence electrons. The van der Waals surface area contributed by atoms with Crippen LogP contribution in [0.1, 0.15) is 43.0 Å². The van der Waals surface area contributed by atoms with E-state index in [1.165, 1.54) is 31.4 Å². The Bertz CT molecular complexity index is 621. The molecule has 0 radical (unpaired) electrons. The predicted molar refractivity (Wildman–Crippen MR) is 101 cm³/mol. The highest BCUT2D eigenvalue weighted by atomic mass is 35.5. The highest BCUT2D eigenvalue weighted by Gasteiger charge is 2.14. The molecular weight excluding hydrogens is 357 g/mol. The maximum absolute atomic E-state index is 13.0. The molecule has 1 aromatic rings. The second-order valence-electron chi connectivity index (χ2n) is 6.90. The van der Waals surface area contributed by atoms with E-state index in [-0.39, 0.29) is 29.5 Å². The summed E-state index contributed by atoms with van der Waals surface area (Å²) >= 11 is 5.85. The van der Waals surface area contributed by atoms with E-state index in [4.69, 9.17) is 11.6 Å². The topological polar surface area (TPSA) is 61.4 Å². The smallest absolute Gasteiger partial charge is 0.252 e. The van der Waals surface area contributed by atoms with Gasteiger partial charge in [-0.25, -0.2) is 4.39 Å². The van der Waals surface area contributed by atoms with Crippen molar-refractivity contribution in [2.45, 2.75) is 32.6 Å². The van der Waals surface area contributed by atoms with Crippen LogP contribution in [0.15, 0.2) is 18.2 Å². The molecule has 2 amide bonds. The Hall–Kier alpha value is -1.66. The van der Waals surface area contributed by atoms with E-state index in [1.807, 2.05) is 0 Å². The Morgan fingerprint density at radius 3 is 2.65 bits per heavy atom. The molecule has 0 spiro atoms. The monoisotopic (exact) mass is 383 g/mol. The SMILES string of the molecule is CC(CNC(=O)CCNC(=O)c1ccc(F)cc1Cl)CN1CCCCC1. The molecule has 0 aromatic heterocycles. The summed E-state index contributed by atoms with van der Waals surface area (Å²) in [5.41, 5.74) is 0.198. The number of hydrogen-bond donors (Lipinski definition) is 2. The number of piperidine rings is 1. The maximum Gasteiger partial charge on any atom is 0.252 e. The number of benzene rings is 1. The lowest BCUT2D eigenvalue weighted by Crippen LogP contribution is -2.38. The lowest BCUT2D eigenvalue weighted by atomic mass is 10.1. The zero-order chi connectivity index (χ0) is 18.9. The molecule has 1 unspecified atom stereocenters. The molecule has 1 heterocycles. The van der Waals surface area contributed by atoms with Gasteiger partial charge in [-0.1, -0.05) is 24.9 Å².